The molecule has 0 radical (unpaired) electrons. The van der Waals surface area contributed by atoms with E-state index in [1.165, 1.54) is 0 Å². The number of hydrogen-bond donors (Lipinski definition) is 0. The van der Waals surface area contributed by atoms with Crippen LogP contribution in [-0.4, -0.2) is 24.3 Å². The highest BCUT2D eigenvalue weighted by molar-refractivity contribution is 6.11. The van der Waals surface area contributed by atoms with Crippen LogP contribution in [-0.2, 0) is 6.18 Å². The standard InChI is InChI=1S/C11H9BF3N3O/c1-6-4-7(5-16-12)2-3-8(6)9-17-10(19-18-9)11(13,14)15/h2-5H,12H2,1H3/b16-5-. The zero-order chi connectivity index (χ0) is 14.0. The van der Waals surface area contributed by atoms with Crippen LogP contribution >= 0.6 is 0 Å². The molecule has 19 heavy (non-hydrogen) atoms. The Hall–Kier alpha value is -2.12. The van der Waals surface area contributed by atoms with E-state index >= 15 is 0 Å². The van der Waals surface area contributed by atoms with Crippen LogP contribution in [0.2, 0.25) is 0 Å². The largest absolute Gasteiger partial charge is 0.471 e. The van der Waals surface area contributed by atoms with Crippen LogP contribution < -0.4 is 0 Å². The highest BCUT2D eigenvalue weighted by Crippen LogP contribution is 2.30. The van der Waals surface area contributed by atoms with Gasteiger partial charge in [0.15, 0.2) is 0 Å². The number of halogens is 3. The summed E-state index contributed by atoms with van der Waals surface area (Å²) in [6.45, 7) is 1.76. The molecule has 0 atom stereocenters. The number of nitrogens with zero attached hydrogens (tertiary/aromatic N) is 3. The summed E-state index contributed by atoms with van der Waals surface area (Å²) < 4.78 is 41.3. The zero-order valence-electron chi connectivity index (χ0n) is 10.2. The molecule has 0 amide bonds. The fourth-order valence-electron chi connectivity index (χ4n) is 1.62. The van der Waals surface area contributed by atoms with Gasteiger partial charge in [-0.25, -0.2) is 0 Å². The van der Waals surface area contributed by atoms with Gasteiger partial charge in [0.2, 0.25) is 13.8 Å². The van der Waals surface area contributed by atoms with E-state index in [-0.39, 0.29) is 5.82 Å². The fraction of sp³-hybridized carbons (Fsp3) is 0.182. The van der Waals surface area contributed by atoms with Crippen LogP contribution in [0.25, 0.3) is 11.4 Å². The third-order valence-corrected chi connectivity index (χ3v) is 2.44. The number of hydrogen-bond acceptors (Lipinski definition) is 4. The molecule has 2 rings (SSSR count). The minimum Gasteiger partial charge on any atom is -0.358 e. The molecule has 1 aromatic heterocycles. The van der Waals surface area contributed by atoms with Crippen LogP contribution in [0.1, 0.15) is 17.0 Å². The van der Waals surface area contributed by atoms with E-state index < -0.39 is 12.1 Å². The number of alkyl halides is 3. The van der Waals surface area contributed by atoms with Crippen LogP contribution in [0.15, 0.2) is 27.6 Å². The smallest absolute Gasteiger partial charge is 0.358 e. The van der Waals surface area contributed by atoms with Crippen molar-refractivity contribution in [3.05, 3.63) is 35.2 Å². The summed E-state index contributed by atoms with van der Waals surface area (Å²) in [6.07, 6.45) is -2.98. The van der Waals surface area contributed by atoms with Gasteiger partial charge in [0.05, 0.1) is 0 Å². The van der Waals surface area contributed by atoms with E-state index in [2.05, 4.69) is 19.6 Å². The Morgan fingerprint density at radius 2 is 2.11 bits per heavy atom. The third-order valence-electron chi connectivity index (χ3n) is 2.44. The highest BCUT2D eigenvalue weighted by Gasteiger charge is 2.38. The predicted molar refractivity (Wildman–Crippen MR) is 65.6 cm³/mol. The normalized spacial score (nSPS) is 12.2. The quantitative estimate of drug-likeness (QED) is 0.618. The van der Waals surface area contributed by atoms with Gasteiger partial charge >= 0.3 is 12.1 Å². The highest BCUT2D eigenvalue weighted by atomic mass is 19.4. The Morgan fingerprint density at radius 3 is 2.63 bits per heavy atom. The first-order chi connectivity index (χ1) is 8.91. The maximum absolute atomic E-state index is 12.4. The molecule has 0 aliphatic heterocycles. The lowest BCUT2D eigenvalue weighted by Crippen LogP contribution is -2.04. The molecule has 2 aromatic rings. The predicted octanol–water partition coefficient (Wildman–Crippen LogP) is 2.03. The second-order valence-electron chi connectivity index (χ2n) is 3.88. The second-order valence-corrected chi connectivity index (χ2v) is 3.88. The summed E-state index contributed by atoms with van der Waals surface area (Å²) >= 11 is 0. The van der Waals surface area contributed by atoms with E-state index in [9.17, 15) is 13.2 Å². The summed E-state index contributed by atoms with van der Waals surface area (Å²) in [4.78, 5) is 7.21. The van der Waals surface area contributed by atoms with Crippen molar-refractivity contribution < 1.29 is 17.7 Å². The Bertz CT molecular complexity index is 622. The van der Waals surface area contributed by atoms with Crippen molar-refractivity contribution >= 4 is 14.2 Å². The van der Waals surface area contributed by atoms with E-state index in [4.69, 9.17) is 0 Å². The maximum atomic E-state index is 12.4. The number of aryl methyl sites for hydroxylation is 1. The first-order valence-electron chi connectivity index (χ1n) is 5.36. The summed E-state index contributed by atoms with van der Waals surface area (Å²) in [5.41, 5.74) is 2.09. The Kier molecular flexibility index (Phi) is 3.41. The fourth-order valence-corrected chi connectivity index (χ4v) is 1.62. The van der Waals surface area contributed by atoms with Gasteiger partial charge in [-0.3, -0.25) is 0 Å². The van der Waals surface area contributed by atoms with Gasteiger partial charge in [-0.05, 0) is 24.1 Å². The molecule has 1 aromatic carbocycles. The van der Waals surface area contributed by atoms with Crippen molar-refractivity contribution in [2.24, 2.45) is 4.90 Å². The van der Waals surface area contributed by atoms with Crippen molar-refractivity contribution in [1.82, 2.24) is 10.1 Å². The monoisotopic (exact) mass is 267 g/mol. The van der Waals surface area contributed by atoms with Crippen LogP contribution in [0, 0.1) is 6.92 Å². The molecular formula is C11H9BF3N3O. The summed E-state index contributed by atoms with van der Waals surface area (Å²) in [6, 6.07) is 5.14. The third kappa shape index (κ3) is 2.83. The number of aromatic nitrogens is 2. The molecule has 8 heteroatoms. The van der Waals surface area contributed by atoms with Crippen LogP contribution in [0.3, 0.4) is 0 Å². The average Bonchev–Trinajstić information content (AvgIpc) is 2.78. The lowest BCUT2D eigenvalue weighted by molar-refractivity contribution is -0.159. The summed E-state index contributed by atoms with van der Waals surface area (Å²) in [7, 11) is 1.64. The van der Waals surface area contributed by atoms with Crippen molar-refractivity contribution in [1.29, 1.82) is 0 Å². The van der Waals surface area contributed by atoms with Gasteiger partial charge < -0.3 is 9.43 Å². The van der Waals surface area contributed by atoms with Crippen molar-refractivity contribution in [3.63, 3.8) is 0 Å². The van der Waals surface area contributed by atoms with Gasteiger partial charge in [-0.15, -0.1) is 0 Å². The molecule has 0 fully saturated rings. The molecule has 98 valence electrons. The van der Waals surface area contributed by atoms with E-state index in [1.807, 2.05) is 0 Å². The van der Waals surface area contributed by atoms with Crippen molar-refractivity contribution in [2.45, 2.75) is 13.1 Å². The first kappa shape index (κ1) is 13.3. The number of benzene rings is 1. The lowest BCUT2D eigenvalue weighted by atomic mass is 10.1. The summed E-state index contributed by atoms with van der Waals surface area (Å²) in [5, 5.41) is 3.35. The molecule has 4 nitrogen and oxygen atoms in total. The van der Waals surface area contributed by atoms with Gasteiger partial charge in [0, 0.05) is 11.8 Å². The van der Waals surface area contributed by atoms with Crippen LogP contribution in [0.4, 0.5) is 13.2 Å². The van der Waals surface area contributed by atoms with Gasteiger partial charge in [-0.1, -0.05) is 17.3 Å². The summed E-state index contributed by atoms with van der Waals surface area (Å²) in [5.74, 6) is -1.43. The topological polar surface area (TPSA) is 51.3 Å². The van der Waals surface area contributed by atoms with Gasteiger partial charge in [-0.2, -0.15) is 18.2 Å². The van der Waals surface area contributed by atoms with E-state index in [1.54, 1.807) is 39.3 Å². The molecule has 0 bridgehead atoms. The molecular weight excluding hydrogens is 258 g/mol. The van der Waals surface area contributed by atoms with E-state index in [0.29, 0.717) is 5.56 Å². The Labute approximate surface area is 107 Å². The van der Waals surface area contributed by atoms with Gasteiger partial charge in [0.1, 0.15) is 0 Å². The molecule has 0 N–H and O–H groups in total. The maximum Gasteiger partial charge on any atom is 0.471 e. The molecule has 0 aliphatic carbocycles. The van der Waals surface area contributed by atoms with E-state index in [0.717, 1.165) is 11.1 Å². The molecule has 0 saturated carbocycles. The minimum atomic E-state index is -4.63. The van der Waals surface area contributed by atoms with Crippen molar-refractivity contribution in [3.8, 4) is 11.4 Å². The lowest BCUT2D eigenvalue weighted by Gasteiger charge is -2.02. The zero-order valence-corrected chi connectivity index (χ0v) is 10.2. The Balaban J connectivity index is 2.40. The minimum absolute atomic E-state index is 0.0789. The molecule has 0 saturated heterocycles. The van der Waals surface area contributed by atoms with Crippen molar-refractivity contribution in [2.75, 3.05) is 0 Å². The second kappa shape index (κ2) is 4.87. The van der Waals surface area contributed by atoms with Gasteiger partial charge in [0.25, 0.3) is 0 Å². The molecule has 0 unspecified atom stereocenters. The molecule has 0 aliphatic rings. The average molecular weight is 267 g/mol. The number of rotatable bonds is 2. The molecule has 1 heterocycles. The molecule has 0 spiro atoms. The first-order valence-corrected chi connectivity index (χ1v) is 5.36. The van der Waals surface area contributed by atoms with Crippen LogP contribution in [0.5, 0.6) is 0 Å². The SMILES string of the molecule is B/N=C\c1ccc(-c2noc(C(F)(F)F)n2)c(C)c1. The Morgan fingerprint density at radius 1 is 1.37 bits per heavy atom.